The maximum absolute atomic E-state index is 12.5. The van der Waals surface area contributed by atoms with Gasteiger partial charge in [-0.05, 0) is 56.3 Å². The van der Waals surface area contributed by atoms with Gasteiger partial charge in [-0.3, -0.25) is 4.79 Å². The number of hydrogen-bond acceptors (Lipinski definition) is 4. The van der Waals surface area contributed by atoms with Crippen LogP contribution in [0.1, 0.15) is 37.7 Å². The van der Waals surface area contributed by atoms with Gasteiger partial charge in [0, 0.05) is 18.0 Å². The van der Waals surface area contributed by atoms with Crippen molar-refractivity contribution in [3.8, 4) is 11.5 Å². The Labute approximate surface area is 136 Å². The molecule has 5 heteroatoms. The number of ether oxygens (including phenoxy) is 2. The molecule has 0 bridgehead atoms. The zero-order valence-electron chi connectivity index (χ0n) is 13.5. The molecular weight excluding hydrogens is 292 g/mol. The molecule has 1 aromatic carbocycles. The molecule has 4 atom stereocenters. The number of fused-ring (bicyclic) bond motifs is 1. The lowest BCUT2D eigenvalue weighted by Crippen LogP contribution is -2.52. The normalized spacial score (nSPS) is 32.2. The fourth-order valence-corrected chi connectivity index (χ4v) is 3.67. The monoisotopic (exact) mass is 316 g/mol. The van der Waals surface area contributed by atoms with Gasteiger partial charge >= 0.3 is 0 Å². The van der Waals surface area contributed by atoms with Crippen molar-refractivity contribution in [1.82, 2.24) is 10.6 Å². The summed E-state index contributed by atoms with van der Waals surface area (Å²) in [7, 11) is 0. The molecular formula is C18H24N2O3. The van der Waals surface area contributed by atoms with E-state index in [1.807, 2.05) is 12.1 Å². The predicted molar refractivity (Wildman–Crippen MR) is 86.9 cm³/mol. The van der Waals surface area contributed by atoms with E-state index in [1.165, 1.54) is 5.56 Å². The number of nitrogens with one attached hydrogen (secondary N) is 2. The van der Waals surface area contributed by atoms with Crippen molar-refractivity contribution < 1.29 is 14.3 Å². The first-order valence-electron chi connectivity index (χ1n) is 8.65. The highest BCUT2D eigenvalue weighted by molar-refractivity contribution is 5.83. The van der Waals surface area contributed by atoms with E-state index in [0.717, 1.165) is 37.3 Å². The van der Waals surface area contributed by atoms with Crippen LogP contribution in [-0.4, -0.2) is 37.7 Å². The average molecular weight is 316 g/mol. The van der Waals surface area contributed by atoms with Crippen LogP contribution < -0.4 is 20.1 Å². The van der Waals surface area contributed by atoms with Gasteiger partial charge < -0.3 is 20.1 Å². The van der Waals surface area contributed by atoms with E-state index in [1.54, 1.807) is 0 Å². The molecule has 2 heterocycles. The zero-order chi connectivity index (χ0) is 15.8. The number of rotatable bonds is 3. The van der Waals surface area contributed by atoms with Crippen molar-refractivity contribution in [2.24, 2.45) is 5.92 Å². The summed E-state index contributed by atoms with van der Waals surface area (Å²) in [4.78, 5) is 12.5. The molecule has 2 fully saturated rings. The minimum atomic E-state index is 0.103. The Kier molecular flexibility index (Phi) is 3.89. The SMILES string of the molecule is CC1NCCCC1NC(=O)C1CC1c1ccc2c(c1)OCCO2. The summed E-state index contributed by atoms with van der Waals surface area (Å²) in [6.45, 7) is 4.40. The number of hydrogen-bond donors (Lipinski definition) is 2. The lowest BCUT2D eigenvalue weighted by molar-refractivity contribution is -0.123. The summed E-state index contributed by atoms with van der Waals surface area (Å²) >= 11 is 0. The number of piperidine rings is 1. The maximum atomic E-state index is 12.5. The van der Waals surface area contributed by atoms with E-state index < -0.39 is 0 Å². The van der Waals surface area contributed by atoms with Crippen LogP contribution in [0, 0.1) is 5.92 Å². The van der Waals surface area contributed by atoms with Crippen molar-refractivity contribution in [2.45, 2.75) is 44.2 Å². The Balaban J connectivity index is 1.38. The maximum Gasteiger partial charge on any atom is 0.224 e. The number of carbonyl (C=O) groups is 1. The lowest BCUT2D eigenvalue weighted by Gasteiger charge is -2.30. The lowest BCUT2D eigenvalue weighted by atomic mass is 9.99. The molecule has 0 radical (unpaired) electrons. The van der Waals surface area contributed by atoms with Gasteiger partial charge in [-0.1, -0.05) is 6.07 Å². The van der Waals surface area contributed by atoms with Crippen LogP contribution in [0.2, 0.25) is 0 Å². The van der Waals surface area contributed by atoms with E-state index in [0.29, 0.717) is 25.2 Å². The zero-order valence-corrected chi connectivity index (χ0v) is 13.5. The molecule has 1 aromatic rings. The molecule has 2 aliphatic heterocycles. The van der Waals surface area contributed by atoms with Crippen LogP contribution in [0.4, 0.5) is 0 Å². The van der Waals surface area contributed by atoms with Gasteiger partial charge in [-0.2, -0.15) is 0 Å². The minimum Gasteiger partial charge on any atom is -0.486 e. The second kappa shape index (κ2) is 6.04. The smallest absolute Gasteiger partial charge is 0.224 e. The molecule has 2 N–H and O–H groups in total. The second-order valence-corrected chi connectivity index (χ2v) is 6.85. The van der Waals surface area contributed by atoms with Crippen molar-refractivity contribution in [1.29, 1.82) is 0 Å². The van der Waals surface area contributed by atoms with E-state index >= 15 is 0 Å². The van der Waals surface area contributed by atoms with Gasteiger partial charge in [0.25, 0.3) is 0 Å². The standard InChI is InChI=1S/C18H24N2O3/c1-11-15(3-2-6-19-11)20-18(21)14-10-13(14)12-4-5-16-17(9-12)23-8-7-22-16/h4-5,9,11,13-15,19H,2-3,6-8,10H2,1H3,(H,20,21). The number of carbonyl (C=O) groups excluding carboxylic acids is 1. The van der Waals surface area contributed by atoms with Crippen molar-refractivity contribution in [2.75, 3.05) is 19.8 Å². The molecule has 124 valence electrons. The third kappa shape index (κ3) is 3.02. The molecule has 0 spiro atoms. The summed E-state index contributed by atoms with van der Waals surface area (Å²) in [6.07, 6.45) is 3.13. The molecule has 4 unspecified atom stereocenters. The van der Waals surface area contributed by atoms with Crippen molar-refractivity contribution in [3.63, 3.8) is 0 Å². The van der Waals surface area contributed by atoms with Crippen molar-refractivity contribution >= 4 is 5.91 Å². The van der Waals surface area contributed by atoms with Gasteiger partial charge in [0.15, 0.2) is 11.5 Å². The number of benzene rings is 1. The van der Waals surface area contributed by atoms with Crippen LogP contribution >= 0.6 is 0 Å². The third-order valence-electron chi connectivity index (χ3n) is 5.21. The van der Waals surface area contributed by atoms with Crippen LogP contribution in [0.5, 0.6) is 11.5 Å². The molecule has 1 amide bonds. The van der Waals surface area contributed by atoms with E-state index in [-0.39, 0.29) is 17.9 Å². The summed E-state index contributed by atoms with van der Waals surface area (Å²) in [5.74, 6) is 2.24. The van der Waals surface area contributed by atoms with Crippen LogP contribution in [0.25, 0.3) is 0 Å². The van der Waals surface area contributed by atoms with E-state index in [9.17, 15) is 4.79 Å². The van der Waals surface area contributed by atoms with Gasteiger partial charge in [0.1, 0.15) is 13.2 Å². The van der Waals surface area contributed by atoms with Crippen LogP contribution in [-0.2, 0) is 4.79 Å². The second-order valence-electron chi connectivity index (χ2n) is 6.85. The minimum absolute atomic E-state index is 0.103. The molecule has 5 nitrogen and oxygen atoms in total. The molecule has 1 saturated carbocycles. The first-order chi connectivity index (χ1) is 11.2. The quantitative estimate of drug-likeness (QED) is 0.893. The predicted octanol–water partition coefficient (Wildman–Crippen LogP) is 1.82. The third-order valence-corrected chi connectivity index (χ3v) is 5.21. The Hall–Kier alpha value is -1.75. The highest BCUT2D eigenvalue weighted by Gasteiger charge is 2.45. The largest absolute Gasteiger partial charge is 0.486 e. The van der Waals surface area contributed by atoms with Gasteiger partial charge in [-0.25, -0.2) is 0 Å². The molecule has 3 aliphatic rings. The fourth-order valence-electron chi connectivity index (χ4n) is 3.67. The molecule has 1 aliphatic carbocycles. The van der Waals surface area contributed by atoms with E-state index in [4.69, 9.17) is 9.47 Å². The highest BCUT2D eigenvalue weighted by atomic mass is 16.6. The van der Waals surface area contributed by atoms with Crippen LogP contribution in [0.15, 0.2) is 18.2 Å². The van der Waals surface area contributed by atoms with Crippen LogP contribution in [0.3, 0.4) is 0 Å². The fraction of sp³-hybridized carbons (Fsp3) is 0.611. The van der Waals surface area contributed by atoms with Gasteiger partial charge in [0.2, 0.25) is 5.91 Å². The summed E-state index contributed by atoms with van der Waals surface area (Å²) in [5.41, 5.74) is 1.18. The Morgan fingerprint density at radius 3 is 2.91 bits per heavy atom. The molecule has 23 heavy (non-hydrogen) atoms. The van der Waals surface area contributed by atoms with E-state index in [2.05, 4.69) is 23.6 Å². The topological polar surface area (TPSA) is 59.6 Å². The Morgan fingerprint density at radius 2 is 2.09 bits per heavy atom. The summed E-state index contributed by atoms with van der Waals surface area (Å²) in [5, 5.41) is 6.66. The van der Waals surface area contributed by atoms with Crippen molar-refractivity contribution in [3.05, 3.63) is 23.8 Å². The summed E-state index contributed by atoms with van der Waals surface area (Å²) in [6, 6.07) is 6.69. The highest BCUT2D eigenvalue weighted by Crippen LogP contribution is 2.49. The Morgan fingerprint density at radius 1 is 1.26 bits per heavy atom. The Bertz CT molecular complexity index is 604. The summed E-state index contributed by atoms with van der Waals surface area (Å²) < 4.78 is 11.2. The molecule has 4 rings (SSSR count). The molecule has 0 aromatic heterocycles. The van der Waals surface area contributed by atoms with Gasteiger partial charge in [0.05, 0.1) is 0 Å². The molecule has 1 saturated heterocycles. The average Bonchev–Trinajstić information content (AvgIpc) is 3.37. The number of amides is 1. The van der Waals surface area contributed by atoms with Gasteiger partial charge in [-0.15, -0.1) is 0 Å². The first-order valence-corrected chi connectivity index (χ1v) is 8.65. The first kappa shape index (κ1) is 14.8.